The minimum absolute atomic E-state index is 0.0414. The van der Waals surface area contributed by atoms with Gasteiger partial charge < -0.3 is 14.6 Å². The van der Waals surface area contributed by atoms with Crippen LogP contribution in [0, 0.1) is 6.92 Å². The highest BCUT2D eigenvalue weighted by Crippen LogP contribution is 2.33. The number of benzene rings is 1. The number of halogens is 2. The fourth-order valence-corrected chi connectivity index (χ4v) is 4.43. The molecule has 5 rings (SSSR count). The van der Waals surface area contributed by atoms with Crippen LogP contribution in [0.1, 0.15) is 24.9 Å². The van der Waals surface area contributed by atoms with Crippen LogP contribution in [0.25, 0.3) is 21.9 Å². The second-order valence-electron chi connectivity index (χ2n) is 7.25. The summed E-state index contributed by atoms with van der Waals surface area (Å²) in [6.45, 7) is 2.59. The maximum atomic E-state index is 6.29. The molecule has 1 aliphatic heterocycles. The lowest BCUT2D eigenvalue weighted by Gasteiger charge is -2.17. The molecular formula is C21H19BrClN5O. The molecule has 2 atom stereocenters. The van der Waals surface area contributed by atoms with Crippen molar-refractivity contribution in [3.8, 4) is 0 Å². The molecule has 3 aromatic heterocycles. The Morgan fingerprint density at radius 2 is 2.14 bits per heavy atom. The number of fused-ring (bicyclic) bond motifs is 2. The topological polar surface area (TPSA) is 64.9 Å². The number of hydrogen-bond acceptors (Lipinski definition) is 5. The lowest BCUT2D eigenvalue weighted by Crippen LogP contribution is -2.20. The summed E-state index contributed by atoms with van der Waals surface area (Å²) in [5.74, 6) is 0.663. The Bertz CT molecular complexity index is 1210. The van der Waals surface area contributed by atoms with E-state index in [4.69, 9.17) is 16.3 Å². The predicted octanol–water partition coefficient (Wildman–Crippen LogP) is 5.49. The second kappa shape index (κ2) is 7.55. The summed E-state index contributed by atoms with van der Waals surface area (Å²) in [5, 5.41) is 5.94. The molecule has 0 amide bonds. The van der Waals surface area contributed by atoms with E-state index in [2.05, 4.69) is 65.0 Å². The van der Waals surface area contributed by atoms with Crippen LogP contribution in [0.5, 0.6) is 0 Å². The molecule has 0 bridgehead atoms. The van der Waals surface area contributed by atoms with Gasteiger partial charge in [0.15, 0.2) is 0 Å². The maximum absolute atomic E-state index is 6.29. The van der Waals surface area contributed by atoms with Crippen LogP contribution in [-0.4, -0.2) is 32.2 Å². The number of pyridine rings is 1. The summed E-state index contributed by atoms with van der Waals surface area (Å²) in [6.07, 6.45) is 5.80. The van der Waals surface area contributed by atoms with Crippen molar-refractivity contribution in [1.82, 2.24) is 19.5 Å². The van der Waals surface area contributed by atoms with E-state index in [0.717, 1.165) is 51.5 Å². The molecule has 0 aliphatic carbocycles. The molecule has 4 aromatic rings. The van der Waals surface area contributed by atoms with Crippen LogP contribution in [0.15, 0.2) is 47.2 Å². The Kier molecular flexibility index (Phi) is 4.89. The molecular weight excluding hydrogens is 454 g/mol. The van der Waals surface area contributed by atoms with Gasteiger partial charge in [0.1, 0.15) is 22.9 Å². The fourth-order valence-electron chi connectivity index (χ4n) is 3.81. The number of anilines is 1. The van der Waals surface area contributed by atoms with Gasteiger partial charge >= 0.3 is 0 Å². The fraction of sp³-hybridized carbons (Fsp3) is 0.286. The monoisotopic (exact) mass is 471 g/mol. The van der Waals surface area contributed by atoms with Crippen molar-refractivity contribution in [2.24, 2.45) is 0 Å². The molecule has 0 unspecified atom stereocenters. The van der Waals surface area contributed by atoms with E-state index in [1.807, 2.05) is 25.4 Å². The molecule has 0 saturated carbocycles. The zero-order valence-electron chi connectivity index (χ0n) is 15.8. The van der Waals surface area contributed by atoms with E-state index in [1.165, 1.54) is 0 Å². The molecule has 1 aliphatic rings. The van der Waals surface area contributed by atoms with E-state index in [9.17, 15) is 0 Å². The highest BCUT2D eigenvalue weighted by molar-refractivity contribution is 9.10. The molecule has 1 aromatic carbocycles. The van der Waals surface area contributed by atoms with E-state index < -0.39 is 0 Å². The van der Waals surface area contributed by atoms with Gasteiger partial charge in [-0.15, -0.1) is 0 Å². The molecule has 0 spiro atoms. The Balaban J connectivity index is 1.28. The van der Waals surface area contributed by atoms with Crippen LogP contribution >= 0.6 is 27.5 Å². The number of ether oxygens (including phenoxy) is 1. The molecule has 1 fully saturated rings. The first-order valence-corrected chi connectivity index (χ1v) is 10.7. The minimum Gasteiger partial charge on any atom is -0.382 e. The predicted molar refractivity (Wildman–Crippen MR) is 118 cm³/mol. The number of nitrogens with one attached hydrogen (secondary N) is 1. The van der Waals surface area contributed by atoms with Crippen molar-refractivity contribution in [1.29, 1.82) is 0 Å². The zero-order valence-corrected chi connectivity index (χ0v) is 18.1. The van der Waals surface area contributed by atoms with Gasteiger partial charge in [-0.2, -0.15) is 0 Å². The number of hydrogen-bond donors (Lipinski definition) is 1. The number of nitrogens with zero attached hydrogens (tertiary/aromatic N) is 4. The maximum Gasteiger partial charge on any atom is 0.147 e. The normalized spacial score (nSPS) is 19.3. The summed E-state index contributed by atoms with van der Waals surface area (Å²) in [4.78, 5) is 13.3. The van der Waals surface area contributed by atoms with Crippen LogP contribution in [0.4, 0.5) is 5.69 Å². The number of aromatic nitrogens is 4. The summed E-state index contributed by atoms with van der Waals surface area (Å²) < 4.78 is 9.34. The quantitative estimate of drug-likeness (QED) is 0.398. The Morgan fingerprint density at radius 3 is 3.03 bits per heavy atom. The Labute approximate surface area is 181 Å². The third kappa shape index (κ3) is 3.70. The number of aryl methyl sites for hydroxylation is 1. The van der Waals surface area contributed by atoms with Crippen molar-refractivity contribution >= 4 is 55.2 Å². The first-order chi connectivity index (χ1) is 14.1. The summed E-state index contributed by atoms with van der Waals surface area (Å²) >= 11 is 9.71. The van der Waals surface area contributed by atoms with Crippen LogP contribution in [-0.2, 0) is 4.74 Å². The van der Waals surface area contributed by atoms with Gasteiger partial charge in [0, 0.05) is 34.5 Å². The van der Waals surface area contributed by atoms with Gasteiger partial charge in [0.05, 0.1) is 17.0 Å². The highest BCUT2D eigenvalue weighted by Gasteiger charge is 2.27. The Morgan fingerprint density at radius 1 is 1.24 bits per heavy atom. The lowest BCUT2D eigenvalue weighted by molar-refractivity contribution is 0.0108. The van der Waals surface area contributed by atoms with Gasteiger partial charge in [-0.3, -0.25) is 4.98 Å². The summed E-state index contributed by atoms with van der Waals surface area (Å²) in [6, 6.07) is 10.2. The van der Waals surface area contributed by atoms with Crippen LogP contribution in [0.2, 0.25) is 5.15 Å². The van der Waals surface area contributed by atoms with Crippen molar-refractivity contribution < 1.29 is 4.74 Å². The average Bonchev–Trinajstić information content (AvgIpc) is 3.33. The molecule has 148 valence electrons. The van der Waals surface area contributed by atoms with Crippen molar-refractivity contribution in [2.45, 2.75) is 32.1 Å². The highest BCUT2D eigenvalue weighted by atomic mass is 79.9. The molecule has 6 nitrogen and oxygen atoms in total. The Hall–Kier alpha value is -2.22. The van der Waals surface area contributed by atoms with Crippen molar-refractivity contribution in [2.75, 3.05) is 11.9 Å². The van der Waals surface area contributed by atoms with Crippen LogP contribution in [0.3, 0.4) is 0 Å². The van der Waals surface area contributed by atoms with Gasteiger partial charge in [-0.1, -0.05) is 17.7 Å². The summed E-state index contributed by atoms with van der Waals surface area (Å²) in [5.41, 5.74) is 2.84. The standard InChI is InChI=1S/C21H19BrClN5O/c1-12-26-20(23)17-6-7-28(21(17)27-12)19-5-4-16(29-19)11-24-15-3-2-13-8-14(22)10-25-18(13)9-15/h2-3,6-10,16,19,24H,4-5,11H2,1H3/t16-,19+/m0/s1. The van der Waals surface area contributed by atoms with E-state index in [0.29, 0.717) is 11.0 Å². The third-order valence-corrected chi connectivity index (χ3v) is 5.94. The number of rotatable bonds is 4. The van der Waals surface area contributed by atoms with Gasteiger partial charge in [0.25, 0.3) is 0 Å². The van der Waals surface area contributed by atoms with Gasteiger partial charge in [-0.05, 0) is 60.0 Å². The van der Waals surface area contributed by atoms with E-state index in [1.54, 1.807) is 0 Å². The largest absolute Gasteiger partial charge is 0.382 e. The molecule has 1 saturated heterocycles. The van der Waals surface area contributed by atoms with Crippen molar-refractivity contribution in [3.05, 3.63) is 58.2 Å². The van der Waals surface area contributed by atoms with Crippen LogP contribution < -0.4 is 5.32 Å². The molecule has 0 radical (unpaired) electrons. The average molecular weight is 473 g/mol. The smallest absolute Gasteiger partial charge is 0.147 e. The molecule has 1 N–H and O–H groups in total. The first-order valence-electron chi connectivity index (χ1n) is 9.52. The lowest BCUT2D eigenvalue weighted by atomic mass is 10.2. The van der Waals surface area contributed by atoms with E-state index >= 15 is 0 Å². The molecule has 29 heavy (non-hydrogen) atoms. The first kappa shape index (κ1) is 18.8. The molecule has 4 heterocycles. The zero-order chi connectivity index (χ0) is 20.0. The molecule has 8 heteroatoms. The van der Waals surface area contributed by atoms with Gasteiger partial charge in [-0.25, -0.2) is 9.97 Å². The van der Waals surface area contributed by atoms with Gasteiger partial charge in [0.2, 0.25) is 0 Å². The minimum atomic E-state index is -0.0414. The SMILES string of the molecule is Cc1nc(Cl)c2ccn([C@H]3CC[C@@H](CNc4ccc5cc(Br)cnc5c4)O3)c2n1. The third-order valence-electron chi connectivity index (χ3n) is 5.22. The summed E-state index contributed by atoms with van der Waals surface area (Å²) in [7, 11) is 0. The van der Waals surface area contributed by atoms with E-state index in [-0.39, 0.29) is 12.3 Å². The second-order valence-corrected chi connectivity index (χ2v) is 8.53. The van der Waals surface area contributed by atoms with Crippen molar-refractivity contribution in [3.63, 3.8) is 0 Å².